The molecule has 0 amide bonds. The summed E-state index contributed by atoms with van der Waals surface area (Å²) in [5.41, 5.74) is 1.63. The van der Waals surface area contributed by atoms with Crippen molar-refractivity contribution in [2.24, 2.45) is 7.05 Å². The Morgan fingerprint density at radius 3 is 2.52 bits per heavy atom. The second-order valence-corrected chi connectivity index (χ2v) is 6.86. The number of fused-ring (bicyclic) bond motifs is 1. The van der Waals surface area contributed by atoms with Crippen LogP contribution >= 0.6 is 11.6 Å². The summed E-state index contributed by atoms with van der Waals surface area (Å²) in [7, 11) is 1.94. The molecule has 0 atom stereocenters. The van der Waals surface area contributed by atoms with Crippen LogP contribution in [0, 0.1) is 13.8 Å². The average molecular weight is 361 g/mol. The highest BCUT2D eigenvalue weighted by molar-refractivity contribution is 6.31. The van der Waals surface area contributed by atoms with E-state index in [-0.39, 0.29) is 0 Å². The standard InChI is InChI=1S/C16H21ClN8/c1-10-14(17)11(2)25-15(18-10)19-12(21-25)6-7-13-20-16(22-23(13)3)24-8-4-5-9-24/h4-9H2,1-3H3. The summed E-state index contributed by atoms with van der Waals surface area (Å²) in [6, 6.07) is 0. The lowest BCUT2D eigenvalue weighted by Crippen LogP contribution is -2.19. The fourth-order valence-electron chi connectivity index (χ4n) is 3.20. The van der Waals surface area contributed by atoms with Gasteiger partial charge in [-0.3, -0.25) is 4.68 Å². The third-order valence-corrected chi connectivity index (χ3v) is 5.20. The van der Waals surface area contributed by atoms with Gasteiger partial charge in [-0.15, -0.1) is 10.2 Å². The van der Waals surface area contributed by atoms with Crippen LogP contribution in [-0.4, -0.2) is 47.4 Å². The van der Waals surface area contributed by atoms with Gasteiger partial charge in [-0.1, -0.05) is 11.6 Å². The molecule has 132 valence electrons. The highest BCUT2D eigenvalue weighted by Gasteiger charge is 2.18. The summed E-state index contributed by atoms with van der Waals surface area (Å²) in [5.74, 6) is 3.10. The molecule has 0 spiro atoms. The second kappa shape index (κ2) is 6.25. The van der Waals surface area contributed by atoms with Gasteiger partial charge < -0.3 is 4.90 Å². The number of hydrogen-bond donors (Lipinski definition) is 0. The van der Waals surface area contributed by atoms with Crippen LogP contribution < -0.4 is 4.90 Å². The Labute approximate surface area is 150 Å². The van der Waals surface area contributed by atoms with Gasteiger partial charge in [0.1, 0.15) is 5.82 Å². The monoisotopic (exact) mass is 360 g/mol. The lowest BCUT2D eigenvalue weighted by molar-refractivity contribution is 0.681. The topological polar surface area (TPSA) is 77.0 Å². The van der Waals surface area contributed by atoms with Crippen molar-refractivity contribution in [2.45, 2.75) is 39.5 Å². The van der Waals surface area contributed by atoms with Crippen molar-refractivity contribution in [2.75, 3.05) is 18.0 Å². The molecule has 1 aliphatic rings. The Kier molecular flexibility index (Phi) is 4.07. The number of hydrogen-bond acceptors (Lipinski definition) is 6. The van der Waals surface area contributed by atoms with Crippen LogP contribution in [0.1, 0.15) is 35.9 Å². The van der Waals surface area contributed by atoms with Gasteiger partial charge in [0.05, 0.1) is 16.4 Å². The lowest BCUT2D eigenvalue weighted by atomic mass is 10.3. The maximum atomic E-state index is 6.25. The first-order valence-electron chi connectivity index (χ1n) is 8.56. The molecule has 4 heterocycles. The molecular weight excluding hydrogens is 340 g/mol. The molecular formula is C16H21ClN8. The van der Waals surface area contributed by atoms with E-state index < -0.39 is 0 Å². The summed E-state index contributed by atoms with van der Waals surface area (Å²) in [6.07, 6.45) is 3.85. The van der Waals surface area contributed by atoms with Crippen molar-refractivity contribution >= 4 is 23.3 Å². The predicted molar refractivity (Wildman–Crippen MR) is 95.1 cm³/mol. The lowest BCUT2D eigenvalue weighted by Gasteiger charge is -2.10. The fraction of sp³-hybridized carbons (Fsp3) is 0.562. The molecule has 3 aromatic heterocycles. The van der Waals surface area contributed by atoms with Crippen LogP contribution in [0.15, 0.2) is 0 Å². The highest BCUT2D eigenvalue weighted by Crippen LogP contribution is 2.19. The van der Waals surface area contributed by atoms with Crippen LogP contribution in [0.25, 0.3) is 5.78 Å². The normalized spacial score (nSPS) is 14.8. The third kappa shape index (κ3) is 2.95. The minimum absolute atomic E-state index is 0.588. The van der Waals surface area contributed by atoms with Gasteiger partial charge in [-0.25, -0.2) is 4.98 Å². The van der Waals surface area contributed by atoms with Crippen LogP contribution in [0.2, 0.25) is 5.02 Å². The van der Waals surface area contributed by atoms with E-state index in [0.717, 1.165) is 48.5 Å². The third-order valence-electron chi connectivity index (χ3n) is 4.66. The maximum absolute atomic E-state index is 6.25. The summed E-state index contributed by atoms with van der Waals surface area (Å²) < 4.78 is 3.56. The number of anilines is 1. The summed E-state index contributed by atoms with van der Waals surface area (Å²) in [6.45, 7) is 5.89. The number of aryl methyl sites for hydroxylation is 5. The smallest absolute Gasteiger partial charge is 0.252 e. The van der Waals surface area contributed by atoms with E-state index in [1.54, 1.807) is 4.52 Å². The van der Waals surface area contributed by atoms with E-state index in [9.17, 15) is 0 Å². The number of aromatic nitrogens is 7. The van der Waals surface area contributed by atoms with Gasteiger partial charge in [0, 0.05) is 33.0 Å². The van der Waals surface area contributed by atoms with E-state index in [4.69, 9.17) is 11.6 Å². The SMILES string of the molecule is Cc1nc2nc(CCc3nc(N4CCCC4)nn3C)nn2c(C)c1Cl. The predicted octanol–water partition coefficient (Wildman–Crippen LogP) is 1.91. The molecule has 0 unspecified atom stereocenters. The molecule has 9 heteroatoms. The Bertz CT molecular complexity index is 922. The minimum Gasteiger partial charge on any atom is -0.340 e. The van der Waals surface area contributed by atoms with E-state index in [1.807, 2.05) is 25.6 Å². The zero-order valence-electron chi connectivity index (χ0n) is 14.7. The van der Waals surface area contributed by atoms with Gasteiger partial charge >= 0.3 is 0 Å². The van der Waals surface area contributed by atoms with Gasteiger partial charge in [-0.2, -0.15) is 14.5 Å². The first-order valence-corrected chi connectivity index (χ1v) is 8.94. The van der Waals surface area contributed by atoms with E-state index in [2.05, 4.69) is 30.0 Å². The molecule has 3 aromatic rings. The molecule has 0 N–H and O–H groups in total. The average Bonchev–Trinajstić information content (AvgIpc) is 3.30. The first-order chi connectivity index (χ1) is 12.0. The van der Waals surface area contributed by atoms with Crippen molar-refractivity contribution in [3.63, 3.8) is 0 Å². The highest BCUT2D eigenvalue weighted by atomic mass is 35.5. The Morgan fingerprint density at radius 2 is 1.76 bits per heavy atom. The van der Waals surface area contributed by atoms with Crippen molar-refractivity contribution in [1.82, 2.24) is 34.3 Å². The van der Waals surface area contributed by atoms with E-state index in [0.29, 0.717) is 17.2 Å². The first kappa shape index (κ1) is 16.3. The maximum Gasteiger partial charge on any atom is 0.252 e. The fourth-order valence-corrected chi connectivity index (χ4v) is 3.32. The zero-order chi connectivity index (χ0) is 17.6. The van der Waals surface area contributed by atoms with Crippen molar-refractivity contribution < 1.29 is 0 Å². The zero-order valence-corrected chi connectivity index (χ0v) is 15.5. The summed E-state index contributed by atoms with van der Waals surface area (Å²) in [5, 5.41) is 9.71. The van der Waals surface area contributed by atoms with Gasteiger partial charge in [0.2, 0.25) is 5.95 Å². The second-order valence-electron chi connectivity index (χ2n) is 6.48. The van der Waals surface area contributed by atoms with Gasteiger partial charge in [0.15, 0.2) is 5.82 Å². The van der Waals surface area contributed by atoms with Crippen LogP contribution in [0.4, 0.5) is 5.95 Å². The largest absolute Gasteiger partial charge is 0.340 e. The van der Waals surface area contributed by atoms with Gasteiger partial charge in [0.25, 0.3) is 5.78 Å². The number of rotatable bonds is 4. The van der Waals surface area contributed by atoms with Crippen LogP contribution in [0.3, 0.4) is 0 Å². The van der Waals surface area contributed by atoms with E-state index in [1.165, 1.54) is 12.8 Å². The van der Waals surface area contributed by atoms with Crippen molar-refractivity contribution in [3.05, 3.63) is 28.1 Å². The molecule has 1 saturated heterocycles. The molecule has 0 radical (unpaired) electrons. The Hall–Kier alpha value is -2.22. The quantitative estimate of drug-likeness (QED) is 0.707. The molecule has 0 bridgehead atoms. The Balaban J connectivity index is 1.53. The molecule has 0 saturated carbocycles. The molecule has 0 aromatic carbocycles. The molecule has 0 aliphatic carbocycles. The van der Waals surface area contributed by atoms with Crippen LogP contribution in [-0.2, 0) is 19.9 Å². The number of nitrogens with zero attached hydrogens (tertiary/aromatic N) is 8. The van der Waals surface area contributed by atoms with Crippen LogP contribution in [0.5, 0.6) is 0 Å². The minimum atomic E-state index is 0.588. The Morgan fingerprint density at radius 1 is 1.00 bits per heavy atom. The molecule has 1 fully saturated rings. The van der Waals surface area contributed by atoms with Crippen molar-refractivity contribution in [3.8, 4) is 0 Å². The molecule has 1 aliphatic heterocycles. The van der Waals surface area contributed by atoms with Crippen molar-refractivity contribution in [1.29, 1.82) is 0 Å². The molecule has 4 rings (SSSR count). The van der Waals surface area contributed by atoms with Gasteiger partial charge in [-0.05, 0) is 26.7 Å². The number of halogens is 1. The molecule has 8 nitrogen and oxygen atoms in total. The summed E-state index contributed by atoms with van der Waals surface area (Å²) in [4.78, 5) is 15.8. The molecule has 25 heavy (non-hydrogen) atoms. The van der Waals surface area contributed by atoms with E-state index >= 15 is 0 Å². The summed E-state index contributed by atoms with van der Waals surface area (Å²) >= 11 is 6.25.